The molecule has 0 aromatic carbocycles. The van der Waals surface area contributed by atoms with Crippen LogP contribution < -0.4 is 5.32 Å². The lowest BCUT2D eigenvalue weighted by atomic mass is 9.94. The van der Waals surface area contributed by atoms with Gasteiger partial charge in [-0.05, 0) is 24.3 Å². The van der Waals surface area contributed by atoms with Gasteiger partial charge in [-0.15, -0.1) is 11.3 Å². The smallest absolute Gasteiger partial charge is 0.0584 e. The third-order valence-electron chi connectivity index (χ3n) is 2.68. The van der Waals surface area contributed by atoms with Gasteiger partial charge < -0.3 is 10.4 Å². The van der Waals surface area contributed by atoms with Crippen LogP contribution in [0.15, 0.2) is 17.5 Å². The summed E-state index contributed by atoms with van der Waals surface area (Å²) in [5, 5.41) is 14.4. The fourth-order valence-electron chi connectivity index (χ4n) is 1.84. The lowest BCUT2D eigenvalue weighted by Gasteiger charge is -2.28. The van der Waals surface area contributed by atoms with E-state index in [0.717, 1.165) is 13.0 Å². The Kier molecular flexibility index (Phi) is 2.98. The van der Waals surface area contributed by atoms with Crippen molar-refractivity contribution in [3.8, 4) is 0 Å². The molecule has 2 nitrogen and oxygen atoms in total. The minimum atomic E-state index is 0.275. The van der Waals surface area contributed by atoms with Crippen LogP contribution in [-0.4, -0.2) is 24.3 Å². The fourth-order valence-corrected chi connectivity index (χ4v) is 2.70. The number of rotatable bonds is 2. The van der Waals surface area contributed by atoms with Crippen molar-refractivity contribution >= 4 is 11.3 Å². The van der Waals surface area contributed by atoms with Gasteiger partial charge in [-0.3, -0.25) is 0 Å². The molecule has 2 rings (SSSR count). The summed E-state index contributed by atoms with van der Waals surface area (Å²) < 4.78 is 0. The van der Waals surface area contributed by atoms with Crippen LogP contribution >= 0.6 is 11.3 Å². The Labute approximate surface area is 82.6 Å². The number of piperidine rings is 1. The SMILES string of the molecule is OCC1CCC(c2cccs2)CN1. The first-order chi connectivity index (χ1) is 6.40. The van der Waals surface area contributed by atoms with E-state index in [9.17, 15) is 0 Å². The number of aliphatic hydroxyl groups is 1. The Morgan fingerprint density at radius 3 is 3.00 bits per heavy atom. The molecule has 2 atom stereocenters. The van der Waals surface area contributed by atoms with Crippen LogP contribution in [-0.2, 0) is 0 Å². The van der Waals surface area contributed by atoms with E-state index in [-0.39, 0.29) is 6.61 Å². The second kappa shape index (κ2) is 4.22. The van der Waals surface area contributed by atoms with E-state index in [2.05, 4.69) is 22.8 Å². The van der Waals surface area contributed by atoms with Crippen LogP contribution in [0.3, 0.4) is 0 Å². The van der Waals surface area contributed by atoms with Crippen molar-refractivity contribution in [3.05, 3.63) is 22.4 Å². The van der Waals surface area contributed by atoms with Crippen LogP contribution in [0.1, 0.15) is 23.6 Å². The molecule has 13 heavy (non-hydrogen) atoms. The van der Waals surface area contributed by atoms with Crippen molar-refractivity contribution in [2.24, 2.45) is 0 Å². The summed E-state index contributed by atoms with van der Waals surface area (Å²) in [6, 6.07) is 4.64. The Balaban J connectivity index is 1.92. The first-order valence-corrected chi connectivity index (χ1v) is 5.65. The van der Waals surface area contributed by atoms with Gasteiger partial charge in [0.1, 0.15) is 0 Å². The van der Waals surface area contributed by atoms with Crippen molar-refractivity contribution < 1.29 is 5.11 Å². The molecule has 0 radical (unpaired) electrons. The quantitative estimate of drug-likeness (QED) is 0.754. The van der Waals surface area contributed by atoms with Crippen LogP contribution in [0.2, 0.25) is 0 Å². The van der Waals surface area contributed by atoms with Crippen LogP contribution in [0, 0.1) is 0 Å². The molecular formula is C10H15NOS. The molecule has 2 heterocycles. The molecule has 2 N–H and O–H groups in total. The third-order valence-corrected chi connectivity index (χ3v) is 3.72. The van der Waals surface area contributed by atoms with E-state index < -0.39 is 0 Å². The topological polar surface area (TPSA) is 32.3 Å². The molecule has 1 aliphatic heterocycles. The summed E-state index contributed by atoms with van der Waals surface area (Å²) in [7, 11) is 0. The summed E-state index contributed by atoms with van der Waals surface area (Å²) in [5.41, 5.74) is 0. The van der Waals surface area contributed by atoms with Crippen molar-refractivity contribution in [1.29, 1.82) is 0 Å². The Bertz CT molecular complexity index is 239. The van der Waals surface area contributed by atoms with Crippen molar-refractivity contribution in [2.75, 3.05) is 13.2 Å². The van der Waals surface area contributed by atoms with Gasteiger partial charge in [0.05, 0.1) is 6.61 Å². The maximum Gasteiger partial charge on any atom is 0.0584 e. The highest BCUT2D eigenvalue weighted by Gasteiger charge is 2.21. The molecule has 72 valence electrons. The first kappa shape index (κ1) is 9.19. The molecule has 1 aliphatic rings. The molecule has 0 spiro atoms. The lowest BCUT2D eigenvalue weighted by molar-refractivity contribution is 0.213. The van der Waals surface area contributed by atoms with Crippen molar-refractivity contribution in [1.82, 2.24) is 5.32 Å². The summed E-state index contributed by atoms with van der Waals surface area (Å²) in [6.45, 7) is 1.29. The zero-order chi connectivity index (χ0) is 9.10. The van der Waals surface area contributed by atoms with E-state index >= 15 is 0 Å². The first-order valence-electron chi connectivity index (χ1n) is 4.78. The molecule has 1 saturated heterocycles. The summed E-state index contributed by atoms with van der Waals surface area (Å²) in [5.74, 6) is 0.669. The molecule has 1 fully saturated rings. The zero-order valence-electron chi connectivity index (χ0n) is 7.57. The third kappa shape index (κ3) is 2.10. The monoisotopic (exact) mass is 197 g/mol. The molecule has 2 unspecified atom stereocenters. The van der Waals surface area contributed by atoms with Gasteiger partial charge in [0.15, 0.2) is 0 Å². The highest BCUT2D eigenvalue weighted by Crippen LogP contribution is 2.28. The Hall–Kier alpha value is -0.380. The fraction of sp³-hybridized carbons (Fsp3) is 0.600. The Morgan fingerprint density at radius 2 is 2.46 bits per heavy atom. The van der Waals surface area contributed by atoms with Gasteiger partial charge in [-0.2, -0.15) is 0 Å². The molecule has 3 heteroatoms. The highest BCUT2D eigenvalue weighted by molar-refractivity contribution is 7.10. The molecule has 1 aromatic rings. The van der Waals surface area contributed by atoms with E-state index in [1.165, 1.54) is 11.3 Å². The van der Waals surface area contributed by atoms with Gasteiger partial charge in [-0.1, -0.05) is 6.07 Å². The predicted molar refractivity (Wildman–Crippen MR) is 55.2 cm³/mol. The van der Waals surface area contributed by atoms with Gasteiger partial charge >= 0.3 is 0 Å². The summed E-state index contributed by atoms with van der Waals surface area (Å²) in [6.07, 6.45) is 2.30. The van der Waals surface area contributed by atoms with Crippen LogP contribution in [0.4, 0.5) is 0 Å². The average Bonchev–Trinajstić information content (AvgIpc) is 2.71. The van der Waals surface area contributed by atoms with Gasteiger partial charge in [0, 0.05) is 23.4 Å². The normalized spacial score (nSPS) is 29.0. The van der Waals surface area contributed by atoms with Gasteiger partial charge in [-0.25, -0.2) is 0 Å². The minimum Gasteiger partial charge on any atom is -0.395 e. The van der Waals surface area contributed by atoms with Crippen molar-refractivity contribution in [3.63, 3.8) is 0 Å². The zero-order valence-corrected chi connectivity index (χ0v) is 8.39. The largest absolute Gasteiger partial charge is 0.395 e. The van der Waals surface area contributed by atoms with E-state index in [1.54, 1.807) is 0 Å². The summed E-state index contributed by atoms with van der Waals surface area (Å²) in [4.78, 5) is 1.48. The maximum atomic E-state index is 8.95. The molecule has 0 saturated carbocycles. The number of nitrogens with one attached hydrogen (secondary N) is 1. The second-order valence-electron chi connectivity index (χ2n) is 3.58. The Morgan fingerprint density at radius 1 is 1.54 bits per heavy atom. The number of hydrogen-bond acceptors (Lipinski definition) is 3. The van der Waals surface area contributed by atoms with E-state index in [0.29, 0.717) is 12.0 Å². The highest BCUT2D eigenvalue weighted by atomic mass is 32.1. The maximum absolute atomic E-state index is 8.95. The lowest BCUT2D eigenvalue weighted by Crippen LogP contribution is -2.40. The second-order valence-corrected chi connectivity index (χ2v) is 4.56. The molecule has 0 amide bonds. The molecular weight excluding hydrogens is 182 g/mol. The molecule has 1 aromatic heterocycles. The van der Waals surface area contributed by atoms with Crippen molar-refractivity contribution in [2.45, 2.75) is 24.8 Å². The summed E-state index contributed by atoms with van der Waals surface area (Å²) >= 11 is 1.84. The standard InChI is InChI=1S/C10H15NOS/c12-7-9-4-3-8(6-11-9)10-2-1-5-13-10/h1-2,5,8-9,11-12H,3-4,6-7H2. The van der Waals surface area contributed by atoms with Gasteiger partial charge in [0.25, 0.3) is 0 Å². The molecule has 0 aliphatic carbocycles. The number of hydrogen-bond donors (Lipinski definition) is 2. The predicted octanol–water partition coefficient (Wildman–Crippen LogP) is 1.58. The number of aliphatic hydroxyl groups excluding tert-OH is 1. The van der Waals surface area contributed by atoms with Crippen LogP contribution in [0.25, 0.3) is 0 Å². The number of thiophene rings is 1. The van der Waals surface area contributed by atoms with E-state index in [1.807, 2.05) is 11.3 Å². The van der Waals surface area contributed by atoms with Crippen LogP contribution in [0.5, 0.6) is 0 Å². The molecule has 0 bridgehead atoms. The van der Waals surface area contributed by atoms with E-state index in [4.69, 9.17) is 5.11 Å². The van der Waals surface area contributed by atoms with Gasteiger partial charge in [0.2, 0.25) is 0 Å². The average molecular weight is 197 g/mol. The minimum absolute atomic E-state index is 0.275.